The maximum atomic E-state index is 12.4. The van der Waals surface area contributed by atoms with Crippen molar-refractivity contribution < 1.29 is 19.8 Å². The summed E-state index contributed by atoms with van der Waals surface area (Å²) in [5, 5.41) is 28.1. The molecule has 1 aliphatic heterocycles. The van der Waals surface area contributed by atoms with Crippen LogP contribution in [0.3, 0.4) is 0 Å². The number of oxime groups is 1. The molecule has 7 heteroatoms. The number of likely N-dealkylation sites (N-methyl/N-ethyl adjacent to an activating group) is 1. The van der Waals surface area contributed by atoms with E-state index < -0.39 is 11.4 Å². The Kier molecular flexibility index (Phi) is 8.54. The monoisotopic (exact) mass is 533 g/mol. The average molecular weight is 534 g/mol. The van der Waals surface area contributed by atoms with Gasteiger partial charge in [-0.15, -0.1) is 0 Å². The predicted octanol–water partition coefficient (Wildman–Crippen LogP) is 4.52. The van der Waals surface area contributed by atoms with Crippen LogP contribution in [0.15, 0.2) is 5.16 Å². The van der Waals surface area contributed by atoms with Crippen LogP contribution < -0.4 is 0 Å². The Bertz CT molecular complexity index is 834. The molecule has 38 heavy (non-hydrogen) atoms. The maximum absolute atomic E-state index is 12.4. The third kappa shape index (κ3) is 5.32. The fourth-order valence-electron chi connectivity index (χ4n) is 9.54. The van der Waals surface area contributed by atoms with E-state index in [9.17, 15) is 10.2 Å². The zero-order valence-electron chi connectivity index (χ0n) is 24.7. The third-order valence-electron chi connectivity index (χ3n) is 12.1. The topological polar surface area (TPSA) is 77.8 Å². The summed E-state index contributed by atoms with van der Waals surface area (Å²) < 4.78 is 6.20. The van der Waals surface area contributed by atoms with Crippen molar-refractivity contribution in [3.63, 3.8) is 0 Å². The molecule has 5 rings (SSSR count). The summed E-state index contributed by atoms with van der Waals surface area (Å²) in [4.78, 5) is 10.2. The Morgan fingerprint density at radius 1 is 0.947 bits per heavy atom. The minimum Gasteiger partial charge on any atom is -0.395 e. The molecule has 0 aromatic carbocycles. The molecule has 0 aromatic rings. The quantitative estimate of drug-likeness (QED) is 0.186. The van der Waals surface area contributed by atoms with Gasteiger partial charge in [0.05, 0.1) is 12.2 Å². The average Bonchev–Trinajstić information content (AvgIpc) is 3.48. The lowest BCUT2D eigenvalue weighted by atomic mass is 9.43. The molecule has 0 aromatic heterocycles. The van der Waals surface area contributed by atoms with Crippen molar-refractivity contribution in [2.75, 3.05) is 53.5 Å². The second-order valence-electron chi connectivity index (χ2n) is 14.3. The summed E-state index contributed by atoms with van der Waals surface area (Å²) in [5.74, 6) is 0.625. The first-order chi connectivity index (χ1) is 18.1. The van der Waals surface area contributed by atoms with Gasteiger partial charge in [0.1, 0.15) is 6.61 Å². The minimum absolute atomic E-state index is 0.139. The number of likely N-dealkylation sites (tertiary alicyclic amines) is 1. The molecular weight excluding hydrogens is 478 g/mol. The standard InChI is InChI=1S/C31H55N3O4/c1-28-14-15-30(35,37-20-7-18-34-16-5-6-17-34)22-24(28)8-9-27-26(28)11-12-29(2)25(10-13-31(27,29)36)23-32-38-21-19-33(3)4/h23-27,35-36H,5-22H2,1-4H3/b32-23+/t24-,25-,26+,27-,28+,29-,30+,31+/m1/s1. The normalized spacial score (nSPS) is 45.3. The first kappa shape index (κ1) is 28.8. The summed E-state index contributed by atoms with van der Waals surface area (Å²) in [6, 6.07) is 0. The lowest BCUT2D eigenvalue weighted by Crippen LogP contribution is -2.63. The summed E-state index contributed by atoms with van der Waals surface area (Å²) in [6.07, 6.45) is 14.3. The van der Waals surface area contributed by atoms with E-state index in [-0.39, 0.29) is 16.7 Å². The third-order valence-corrected chi connectivity index (χ3v) is 12.1. The largest absolute Gasteiger partial charge is 0.395 e. The van der Waals surface area contributed by atoms with E-state index in [1.54, 1.807) is 0 Å². The van der Waals surface area contributed by atoms with Crippen molar-refractivity contribution in [3.8, 4) is 0 Å². The highest BCUT2D eigenvalue weighted by molar-refractivity contribution is 5.63. The SMILES string of the molecule is CN(C)CCO/N=C/[C@H]1CC[C@]2(O)[C@@H]3CC[C@@H]4C[C@@](O)(OCCCN5CCCC5)CC[C@]4(C)[C@H]3CC[C@]12C. The lowest BCUT2D eigenvalue weighted by Gasteiger charge is -2.64. The van der Waals surface area contributed by atoms with Crippen molar-refractivity contribution in [1.29, 1.82) is 0 Å². The number of hydrogen-bond acceptors (Lipinski definition) is 7. The van der Waals surface area contributed by atoms with Crippen LogP contribution in [0, 0.1) is 34.5 Å². The highest BCUT2D eigenvalue weighted by atomic mass is 16.6. The molecule has 4 aliphatic carbocycles. The van der Waals surface area contributed by atoms with Gasteiger partial charge >= 0.3 is 0 Å². The van der Waals surface area contributed by atoms with Crippen LogP contribution in [-0.2, 0) is 9.57 Å². The van der Waals surface area contributed by atoms with Crippen LogP contribution in [0.4, 0.5) is 0 Å². The van der Waals surface area contributed by atoms with Crippen molar-refractivity contribution >= 4 is 6.21 Å². The van der Waals surface area contributed by atoms with E-state index in [0.29, 0.717) is 31.0 Å². The Morgan fingerprint density at radius 3 is 2.50 bits per heavy atom. The summed E-state index contributed by atoms with van der Waals surface area (Å²) in [6.45, 7) is 10.4. The van der Waals surface area contributed by atoms with Crippen molar-refractivity contribution in [3.05, 3.63) is 0 Å². The zero-order valence-corrected chi connectivity index (χ0v) is 24.7. The van der Waals surface area contributed by atoms with Gasteiger partial charge in [0.2, 0.25) is 0 Å². The van der Waals surface area contributed by atoms with E-state index in [4.69, 9.17) is 9.57 Å². The van der Waals surface area contributed by atoms with Crippen LogP contribution in [0.25, 0.3) is 0 Å². The molecular formula is C31H55N3O4. The van der Waals surface area contributed by atoms with E-state index in [2.05, 4.69) is 28.8 Å². The molecule has 0 spiro atoms. The van der Waals surface area contributed by atoms with Gasteiger partial charge in [0.25, 0.3) is 0 Å². The molecule has 0 amide bonds. The fourth-order valence-corrected chi connectivity index (χ4v) is 9.54. The minimum atomic E-state index is -0.969. The molecule has 8 atom stereocenters. The number of hydrogen-bond donors (Lipinski definition) is 2. The number of fused-ring (bicyclic) bond motifs is 5. The highest BCUT2D eigenvalue weighted by Crippen LogP contribution is 2.69. The Hall–Kier alpha value is -0.730. The van der Waals surface area contributed by atoms with Crippen LogP contribution in [0.2, 0.25) is 0 Å². The molecule has 0 unspecified atom stereocenters. The maximum Gasteiger partial charge on any atom is 0.165 e. The van der Waals surface area contributed by atoms with Gasteiger partial charge in [-0.3, -0.25) is 0 Å². The van der Waals surface area contributed by atoms with Crippen molar-refractivity contribution in [2.45, 2.75) is 102 Å². The van der Waals surface area contributed by atoms with Gasteiger partial charge in [-0.2, -0.15) is 0 Å². The molecule has 2 N–H and O–H groups in total. The fraction of sp³-hybridized carbons (Fsp3) is 0.968. The Morgan fingerprint density at radius 2 is 1.74 bits per heavy atom. The van der Waals surface area contributed by atoms with Crippen molar-refractivity contribution in [2.24, 2.45) is 39.7 Å². The first-order valence-electron chi connectivity index (χ1n) is 15.7. The molecule has 0 bridgehead atoms. The zero-order chi connectivity index (χ0) is 27.0. The Balaban J connectivity index is 1.19. The van der Waals surface area contributed by atoms with Crippen LogP contribution in [-0.4, -0.2) is 91.1 Å². The van der Waals surface area contributed by atoms with E-state index >= 15 is 0 Å². The van der Waals surface area contributed by atoms with Crippen molar-refractivity contribution in [1.82, 2.24) is 9.80 Å². The molecule has 1 heterocycles. The molecule has 5 fully saturated rings. The van der Waals surface area contributed by atoms with Crippen LogP contribution in [0.1, 0.15) is 90.9 Å². The number of rotatable bonds is 10. The van der Waals surface area contributed by atoms with Gasteiger partial charge in [-0.1, -0.05) is 19.0 Å². The molecule has 1 saturated heterocycles. The van der Waals surface area contributed by atoms with Gasteiger partial charge in [0, 0.05) is 43.5 Å². The molecule has 218 valence electrons. The molecule has 4 saturated carbocycles. The second-order valence-corrected chi connectivity index (χ2v) is 14.3. The highest BCUT2D eigenvalue weighted by Gasteiger charge is 2.67. The lowest BCUT2D eigenvalue weighted by molar-refractivity contribution is -0.269. The number of nitrogens with zero attached hydrogens (tertiary/aromatic N) is 3. The van der Waals surface area contributed by atoms with E-state index in [1.807, 2.05) is 20.3 Å². The summed E-state index contributed by atoms with van der Waals surface area (Å²) >= 11 is 0. The molecule has 5 aliphatic rings. The second kappa shape index (κ2) is 11.3. The molecule has 7 nitrogen and oxygen atoms in total. The van der Waals surface area contributed by atoms with Crippen LogP contribution in [0.5, 0.6) is 0 Å². The molecule has 0 radical (unpaired) electrons. The van der Waals surface area contributed by atoms with E-state index in [1.165, 1.54) is 25.9 Å². The predicted molar refractivity (Wildman–Crippen MR) is 151 cm³/mol. The number of aliphatic hydroxyl groups is 2. The van der Waals surface area contributed by atoms with Crippen LogP contribution >= 0.6 is 0 Å². The summed E-state index contributed by atoms with van der Waals surface area (Å²) in [5.41, 5.74) is -0.601. The van der Waals surface area contributed by atoms with Gasteiger partial charge in [0.15, 0.2) is 5.79 Å². The Labute approximate surface area is 231 Å². The first-order valence-corrected chi connectivity index (χ1v) is 15.7. The smallest absolute Gasteiger partial charge is 0.165 e. The summed E-state index contributed by atoms with van der Waals surface area (Å²) in [7, 11) is 4.07. The number of ether oxygens (including phenoxy) is 1. The van der Waals surface area contributed by atoms with Gasteiger partial charge < -0.3 is 29.6 Å². The van der Waals surface area contributed by atoms with Gasteiger partial charge in [-0.05, 0) is 115 Å². The van der Waals surface area contributed by atoms with E-state index in [0.717, 1.165) is 77.3 Å². The van der Waals surface area contributed by atoms with Gasteiger partial charge in [-0.25, -0.2) is 0 Å².